The van der Waals surface area contributed by atoms with Gasteiger partial charge in [-0.2, -0.15) is 0 Å². The lowest BCUT2D eigenvalue weighted by Crippen LogP contribution is -2.42. The lowest BCUT2D eigenvalue weighted by molar-refractivity contribution is 0.0416. The van der Waals surface area contributed by atoms with Crippen LogP contribution >= 0.6 is 0 Å². The van der Waals surface area contributed by atoms with Gasteiger partial charge in [-0.25, -0.2) is 4.79 Å². The van der Waals surface area contributed by atoms with E-state index >= 15 is 0 Å². The molecule has 5 heteroatoms. The van der Waals surface area contributed by atoms with Crippen LogP contribution in [-0.4, -0.2) is 43.1 Å². The van der Waals surface area contributed by atoms with Crippen LogP contribution in [0.2, 0.25) is 0 Å². The highest BCUT2D eigenvalue weighted by molar-refractivity contribution is 6.07. The summed E-state index contributed by atoms with van der Waals surface area (Å²) < 4.78 is 10.7. The van der Waals surface area contributed by atoms with E-state index in [1.165, 1.54) is 6.08 Å². The van der Waals surface area contributed by atoms with Gasteiger partial charge in [0.2, 0.25) is 0 Å². The molecule has 1 fully saturated rings. The molecule has 0 N–H and O–H groups in total. The van der Waals surface area contributed by atoms with Gasteiger partial charge in [0.05, 0.1) is 13.2 Å². The zero-order valence-corrected chi connectivity index (χ0v) is 17.1. The van der Waals surface area contributed by atoms with E-state index in [-0.39, 0.29) is 11.9 Å². The number of morpholine rings is 1. The van der Waals surface area contributed by atoms with E-state index in [9.17, 15) is 9.59 Å². The standard InChI is InChI=1S/C26H23NO4/c28-25(23-12-10-22(11-13-23)21-6-2-1-3-7-21)14-9-20-5-4-8-24(19-20)31-26(29)27-15-17-30-18-16-27/h1-14,19H,15-18H2. The zero-order valence-electron chi connectivity index (χ0n) is 17.1. The Morgan fingerprint density at radius 3 is 2.29 bits per heavy atom. The highest BCUT2D eigenvalue weighted by Crippen LogP contribution is 2.20. The van der Waals surface area contributed by atoms with E-state index in [2.05, 4.69) is 0 Å². The molecule has 1 aliphatic heterocycles. The quantitative estimate of drug-likeness (QED) is 0.432. The van der Waals surface area contributed by atoms with E-state index in [0.29, 0.717) is 37.6 Å². The van der Waals surface area contributed by atoms with Crippen molar-refractivity contribution in [3.8, 4) is 16.9 Å². The second-order valence-corrected chi connectivity index (χ2v) is 7.18. The molecule has 5 nitrogen and oxygen atoms in total. The molecule has 4 rings (SSSR count). The van der Waals surface area contributed by atoms with Crippen LogP contribution in [0.1, 0.15) is 15.9 Å². The van der Waals surface area contributed by atoms with Gasteiger partial charge in [0.15, 0.2) is 5.78 Å². The Hall–Kier alpha value is -3.70. The maximum absolute atomic E-state index is 12.5. The predicted octanol–water partition coefficient (Wildman–Crippen LogP) is 5.08. The Bertz CT molecular complexity index is 1070. The van der Waals surface area contributed by atoms with Crippen LogP contribution in [0.15, 0.2) is 84.9 Å². The van der Waals surface area contributed by atoms with Crippen LogP contribution in [0.4, 0.5) is 4.79 Å². The average molecular weight is 413 g/mol. The van der Waals surface area contributed by atoms with Gasteiger partial charge < -0.3 is 14.4 Å². The molecule has 3 aromatic carbocycles. The Kier molecular flexibility index (Phi) is 6.55. The lowest BCUT2D eigenvalue weighted by Gasteiger charge is -2.25. The highest BCUT2D eigenvalue weighted by atomic mass is 16.6. The first-order valence-corrected chi connectivity index (χ1v) is 10.2. The smallest absolute Gasteiger partial charge is 0.410 e. The van der Waals surface area contributed by atoms with Gasteiger partial charge in [-0.3, -0.25) is 4.79 Å². The van der Waals surface area contributed by atoms with Crippen molar-refractivity contribution in [3.63, 3.8) is 0 Å². The number of carbonyl (C=O) groups is 2. The summed E-state index contributed by atoms with van der Waals surface area (Å²) in [6.45, 7) is 2.09. The summed E-state index contributed by atoms with van der Waals surface area (Å²) in [5.41, 5.74) is 3.57. The summed E-state index contributed by atoms with van der Waals surface area (Å²) in [6, 6.07) is 24.7. The monoisotopic (exact) mass is 413 g/mol. The van der Waals surface area contributed by atoms with Crippen molar-refractivity contribution in [1.29, 1.82) is 0 Å². The number of benzene rings is 3. The first kappa shape index (κ1) is 20.6. The maximum atomic E-state index is 12.5. The summed E-state index contributed by atoms with van der Waals surface area (Å²) in [7, 11) is 0. The van der Waals surface area contributed by atoms with Crippen molar-refractivity contribution in [2.24, 2.45) is 0 Å². The number of rotatable bonds is 5. The fraction of sp³-hybridized carbons (Fsp3) is 0.154. The van der Waals surface area contributed by atoms with Gasteiger partial charge in [-0.05, 0) is 34.9 Å². The van der Waals surface area contributed by atoms with Crippen LogP contribution in [-0.2, 0) is 4.74 Å². The summed E-state index contributed by atoms with van der Waals surface area (Å²) in [5, 5.41) is 0. The summed E-state index contributed by atoms with van der Waals surface area (Å²) in [4.78, 5) is 26.4. The van der Waals surface area contributed by atoms with Crippen LogP contribution in [0.3, 0.4) is 0 Å². The molecule has 0 aliphatic carbocycles. The number of ether oxygens (including phenoxy) is 2. The molecule has 0 saturated carbocycles. The molecule has 3 aromatic rings. The molecule has 31 heavy (non-hydrogen) atoms. The second kappa shape index (κ2) is 9.87. The first-order valence-electron chi connectivity index (χ1n) is 10.2. The van der Waals surface area contributed by atoms with Crippen molar-refractivity contribution < 1.29 is 19.1 Å². The number of carbonyl (C=O) groups excluding carboxylic acids is 2. The third-order valence-corrected chi connectivity index (χ3v) is 5.04. The van der Waals surface area contributed by atoms with Crippen molar-refractivity contribution in [2.45, 2.75) is 0 Å². The lowest BCUT2D eigenvalue weighted by atomic mass is 10.0. The molecule has 1 saturated heterocycles. The molecular formula is C26H23NO4. The summed E-state index contributed by atoms with van der Waals surface area (Å²) in [6.07, 6.45) is 2.86. The average Bonchev–Trinajstić information content (AvgIpc) is 2.84. The van der Waals surface area contributed by atoms with Gasteiger partial charge in [-0.1, -0.05) is 72.8 Å². The third-order valence-electron chi connectivity index (χ3n) is 5.04. The van der Waals surface area contributed by atoms with Gasteiger partial charge in [0, 0.05) is 18.7 Å². The summed E-state index contributed by atoms with van der Waals surface area (Å²) in [5.74, 6) is 0.355. The minimum Gasteiger partial charge on any atom is -0.410 e. The Labute approximate surface area is 181 Å². The fourth-order valence-corrected chi connectivity index (χ4v) is 3.32. The van der Waals surface area contributed by atoms with E-state index in [1.54, 1.807) is 29.2 Å². The molecule has 0 radical (unpaired) electrons. The van der Waals surface area contributed by atoms with Crippen LogP contribution in [0.5, 0.6) is 5.75 Å². The third kappa shape index (κ3) is 5.47. The van der Waals surface area contributed by atoms with Crippen molar-refractivity contribution in [3.05, 3.63) is 96.1 Å². The van der Waals surface area contributed by atoms with E-state index in [1.807, 2.05) is 60.7 Å². The van der Waals surface area contributed by atoms with Crippen LogP contribution in [0.25, 0.3) is 17.2 Å². The molecule has 0 atom stereocenters. The maximum Gasteiger partial charge on any atom is 0.415 e. The first-order chi connectivity index (χ1) is 15.2. The number of amides is 1. The molecule has 1 heterocycles. The van der Waals surface area contributed by atoms with Gasteiger partial charge in [0.25, 0.3) is 0 Å². The van der Waals surface area contributed by atoms with E-state index in [0.717, 1.165) is 16.7 Å². The number of allylic oxidation sites excluding steroid dienone is 1. The Morgan fingerprint density at radius 2 is 1.55 bits per heavy atom. The molecule has 0 bridgehead atoms. The fourth-order valence-electron chi connectivity index (χ4n) is 3.32. The molecule has 0 unspecified atom stereocenters. The number of nitrogens with zero attached hydrogens (tertiary/aromatic N) is 1. The molecule has 156 valence electrons. The van der Waals surface area contributed by atoms with E-state index < -0.39 is 0 Å². The van der Waals surface area contributed by atoms with Crippen LogP contribution < -0.4 is 4.74 Å². The predicted molar refractivity (Wildman–Crippen MR) is 120 cm³/mol. The van der Waals surface area contributed by atoms with Crippen LogP contribution in [0, 0.1) is 0 Å². The minimum atomic E-state index is -0.390. The van der Waals surface area contributed by atoms with Crippen molar-refractivity contribution in [1.82, 2.24) is 4.90 Å². The van der Waals surface area contributed by atoms with Crippen molar-refractivity contribution in [2.75, 3.05) is 26.3 Å². The van der Waals surface area contributed by atoms with Gasteiger partial charge in [0.1, 0.15) is 5.75 Å². The zero-order chi connectivity index (χ0) is 21.5. The second-order valence-electron chi connectivity index (χ2n) is 7.18. The normalized spacial score (nSPS) is 13.9. The van der Waals surface area contributed by atoms with E-state index in [4.69, 9.17) is 9.47 Å². The molecule has 1 amide bonds. The molecule has 0 aromatic heterocycles. The highest BCUT2D eigenvalue weighted by Gasteiger charge is 2.18. The van der Waals surface area contributed by atoms with Crippen molar-refractivity contribution >= 4 is 18.0 Å². The van der Waals surface area contributed by atoms with Gasteiger partial charge in [-0.15, -0.1) is 0 Å². The largest absolute Gasteiger partial charge is 0.415 e. The topological polar surface area (TPSA) is 55.8 Å². The minimum absolute atomic E-state index is 0.0877. The molecule has 0 spiro atoms. The Balaban J connectivity index is 1.39. The summed E-state index contributed by atoms with van der Waals surface area (Å²) >= 11 is 0. The number of hydrogen-bond donors (Lipinski definition) is 0. The SMILES string of the molecule is O=C(C=Cc1cccc(OC(=O)N2CCOCC2)c1)c1ccc(-c2ccccc2)cc1. The molecular weight excluding hydrogens is 390 g/mol. The number of hydrogen-bond acceptors (Lipinski definition) is 4. The number of ketones is 1. The van der Waals surface area contributed by atoms with Gasteiger partial charge >= 0.3 is 6.09 Å². The Morgan fingerprint density at radius 1 is 0.839 bits per heavy atom. The molecule has 1 aliphatic rings.